The van der Waals surface area contributed by atoms with Gasteiger partial charge >= 0.3 is 0 Å². The minimum Gasteiger partial charge on any atom is -0.468 e. The first-order valence-electron chi connectivity index (χ1n) is 12.0. The van der Waals surface area contributed by atoms with E-state index >= 15 is 0 Å². The Labute approximate surface area is 204 Å². The second kappa shape index (κ2) is 7.92. The third-order valence-electron chi connectivity index (χ3n) is 8.44. The minimum atomic E-state index is -0.373. The molecule has 0 N–H and O–H groups in total. The van der Waals surface area contributed by atoms with Crippen molar-refractivity contribution in [3.05, 3.63) is 90.4 Å². The van der Waals surface area contributed by atoms with Gasteiger partial charge in [0.25, 0.3) is 11.6 Å². The molecule has 3 aliphatic rings. The number of hydrogen-bond donors (Lipinski definition) is 0. The van der Waals surface area contributed by atoms with Crippen LogP contribution < -0.4 is 10.2 Å². The summed E-state index contributed by atoms with van der Waals surface area (Å²) in [5, 5.41) is 11.3. The molecule has 7 heteroatoms. The van der Waals surface area contributed by atoms with Gasteiger partial charge in [0, 0.05) is 34.4 Å². The van der Waals surface area contributed by atoms with Crippen molar-refractivity contribution in [3.63, 3.8) is 0 Å². The van der Waals surface area contributed by atoms with Crippen molar-refractivity contribution in [2.24, 2.45) is 16.7 Å². The summed E-state index contributed by atoms with van der Waals surface area (Å²) in [6, 6.07) is 6.94. The lowest BCUT2D eigenvalue weighted by molar-refractivity contribution is -0.384. The molecular weight excluding hydrogens is 446 g/mol. The van der Waals surface area contributed by atoms with E-state index < -0.39 is 0 Å². The van der Waals surface area contributed by atoms with Crippen LogP contribution in [0.5, 0.6) is 5.95 Å². The Hall–Kier alpha value is -3.19. The third kappa shape index (κ3) is 3.24. The molecule has 5 atom stereocenters. The number of ether oxygens (including phenoxy) is 2. The van der Waals surface area contributed by atoms with E-state index in [1.807, 2.05) is 12.1 Å². The van der Waals surface area contributed by atoms with Crippen molar-refractivity contribution in [2.75, 3.05) is 13.7 Å². The summed E-state index contributed by atoms with van der Waals surface area (Å²) < 4.78 is 17.8. The number of fused-ring (bicyclic) bond motifs is 2. The maximum Gasteiger partial charge on any atom is 0.291 e. The molecule has 35 heavy (non-hydrogen) atoms. The van der Waals surface area contributed by atoms with E-state index in [0.29, 0.717) is 29.9 Å². The van der Waals surface area contributed by atoms with Gasteiger partial charge in [-0.15, -0.1) is 0 Å². The summed E-state index contributed by atoms with van der Waals surface area (Å²) in [5.41, 5.74) is 4.23. The number of nitro benzene ring substituents is 1. The highest BCUT2D eigenvalue weighted by molar-refractivity contribution is 5.48. The Kier molecular flexibility index (Phi) is 5.33. The molecule has 1 aromatic heterocycles. The van der Waals surface area contributed by atoms with Crippen molar-refractivity contribution in [2.45, 2.75) is 53.1 Å². The van der Waals surface area contributed by atoms with Crippen LogP contribution in [0.25, 0.3) is 0 Å². The molecule has 184 valence electrons. The Morgan fingerprint density at radius 3 is 2.40 bits per heavy atom. The molecule has 0 unspecified atom stereocenters. The van der Waals surface area contributed by atoms with Crippen LogP contribution in [-0.4, -0.2) is 18.6 Å². The van der Waals surface area contributed by atoms with Crippen molar-refractivity contribution >= 4 is 5.69 Å². The number of methoxy groups -OCH3 is 1. The molecule has 2 heterocycles. The van der Waals surface area contributed by atoms with Gasteiger partial charge in [-0.05, 0) is 45.6 Å². The zero-order valence-corrected chi connectivity index (χ0v) is 21.0. The monoisotopic (exact) mass is 477 g/mol. The predicted molar refractivity (Wildman–Crippen MR) is 132 cm³/mol. The second-order valence-corrected chi connectivity index (χ2v) is 10.6. The van der Waals surface area contributed by atoms with Crippen LogP contribution in [-0.2, 0) is 4.74 Å². The van der Waals surface area contributed by atoms with Crippen molar-refractivity contribution in [1.82, 2.24) is 0 Å². The van der Waals surface area contributed by atoms with E-state index in [4.69, 9.17) is 13.9 Å². The Morgan fingerprint density at radius 1 is 1.09 bits per heavy atom. The molecule has 2 fully saturated rings. The number of nitro groups is 1. The molecule has 1 spiro atoms. The van der Waals surface area contributed by atoms with E-state index in [1.54, 1.807) is 26.0 Å². The highest BCUT2D eigenvalue weighted by Crippen LogP contribution is 2.76. The van der Waals surface area contributed by atoms with Crippen LogP contribution >= 0.6 is 0 Å². The standard InChI is InChI=1S/C28H31NO6/c1-15-11-16(2)24-27(5,12-15)25(19-7-9-20(10-8-19)29(31)32)28(24)13-21(34-14-28)23-17(3)22(30)18(4)26(33-6)35-23/h7-12,21,24-25H,13-14H2,1-6H3/t21-,24-,25+,27+,28-/m0/s1. The largest absolute Gasteiger partial charge is 0.468 e. The van der Waals surface area contributed by atoms with Crippen LogP contribution in [0.3, 0.4) is 0 Å². The highest BCUT2D eigenvalue weighted by atomic mass is 16.6. The zero-order valence-electron chi connectivity index (χ0n) is 21.0. The fraction of sp³-hybridized carbons (Fsp3) is 0.464. The van der Waals surface area contributed by atoms with Gasteiger partial charge in [-0.2, -0.15) is 0 Å². The molecule has 7 nitrogen and oxygen atoms in total. The molecule has 0 bridgehead atoms. The summed E-state index contributed by atoms with van der Waals surface area (Å²) in [5.74, 6) is 1.10. The second-order valence-electron chi connectivity index (χ2n) is 10.6. The van der Waals surface area contributed by atoms with Gasteiger partial charge in [-0.25, -0.2) is 0 Å². The molecule has 2 aliphatic carbocycles. The zero-order chi connectivity index (χ0) is 25.3. The summed E-state index contributed by atoms with van der Waals surface area (Å²) in [7, 11) is 1.49. The quantitative estimate of drug-likeness (QED) is 0.399. The lowest BCUT2D eigenvalue weighted by Gasteiger charge is -2.67. The van der Waals surface area contributed by atoms with Gasteiger partial charge in [0.2, 0.25) is 0 Å². The molecule has 1 saturated heterocycles. The number of nitrogens with zero attached hydrogens (tertiary/aromatic N) is 1. The number of hydrogen-bond acceptors (Lipinski definition) is 6. The van der Waals surface area contributed by atoms with E-state index in [1.165, 1.54) is 18.3 Å². The molecule has 1 aliphatic heterocycles. The molecule has 5 rings (SSSR count). The molecule has 2 aromatic rings. The van der Waals surface area contributed by atoms with Gasteiger partial charge in [0.05, 0.1) is 24.2 Å². The first-order chi connectivity index (χ1) is 16.5. The first kappa shape index (κ1) is 23.5. The molecule has 1 saturated carbocycles. The normalized spacial score (nSPS) is 31.4. The average Bonchev–Trinajstić information content (AvgIpc) is 3.23. The summed E-state index contributed by atoms with van der Waals surface area (Å²) in [6.45, 7) is 10.6. The van der Waals surface area contributed by atoms with Crippen LogP contribution in [0.2, 0.25) is 0 Å². The van der Waals surface area contributed by atoms with E-state index in [2.05, 4.69) is 32.9 Å². The Bertz CT molecular complexity index is 1340. The lowest BCUT2D eigenvalue weighted by Crippen LogP contribution is -2.62. The van der Waals surface area contributed by atoms with E-state index in [0.717, 1.165) is 5.56 Å². The predicted octanol–water partition coefficient (Wildman–Crippen LogP) is 5.95. The van der Waals surface area contributed by atoms with E-state index in [-0.39, 0.29) is 50.8 Å². The number of non-ortho nitro benzene ring substituents is 1. The smallest absolute Gasteiger partial charge is 0.291 e. The number of allylic oxidation sites excluding steroid dienone is 4. The number of benzene rings is 1. The maximum absolute atomic E-state index is 12.8. The fourth-order valence-corrected chi connectivity index (χ4v) is 7.57. The Balaban J connectivity index is 1.60. The average molecular weight is 478 g/mol. The molecule has 0 radical (unpaired) electrons. The van der Waals surface area contributed by atoms with Crippen molar-refractivity contribution < 1.29 is 18.8 Å². The summed E-state index contributed by atoms with van der Waals surface area (Å²) in [6.07, 6.45) is 4.90. The summed E-state index contributed by atoms with van der Waals surface area (Å²) >= 11 is 0. The van der Waals surface area contributed by atoms with Crippen molar-refractivity contribution in [1.29, 1.82) is 0 Å². The van der Waals surface area contributed by atoms with Gasteiger partial charge in [0.1, 0.15) is 11.9 Å². The first-order valence-corrected chi connectivity index (χ1v) is 12.0. The van der Waals surface area contributed by atoms with E-state index in [9.17, 15) is 14.9 Å². The molecule has 1 aromatic carbocycles. The molecular formula is C28H31NO6. The maximum atomic E-state index is 12.8. The molecule has 0 amide bonds. The third-order valence-corrected chi connectivity index (χ3v) is 8.44. The van der Waals surface area contributed by atoms with Crippen LogP contribution in [0.4, 0.5) is 5.69 Å². The van der Waals surface area contributed by atoms with Gasteiger partial charge in [-0.3, -0.25) is 14.9 Å². The highest BCUT2D eigenvalue weighted by Gasteiger charge is 2.71. The van der Waals surface area contributed by atoms with Crippen LogP contribution in [0.15, 0.2) is 56.8 Å². The fourth-order valence-electron chi connectivity index (χ4n) is 7.57. The minimum absolute atomic E-state index is 0.0833. The Morgan fingerprint density at radius 2 is 1.77 bits per heavy atom. The van der Waals surface area contributed by atoms with Gasteiger partial charge in [0.15, 0.2) is 5.43 Å². The van der Waals surface area contributed by atoms with Crippen LogP contribution in [0.1, 0.15) is 61.7 Å². The van der Waals surface area contributed by atoms with Gasteiger partial charge < -0.3 is 13.9 Å². The topological polar surface area (TPSA) is 91.8 Å². The SMILES string of the molecule is COc1oc([C@@H]2C[C@@]3(CO2)[C@H](c2ccc([N+](=O)[O-])cc2)[C@]2(C)C=C(C)C=C(C)[C@@H]23)c(C)c(=O)c1C. The van der Waals surface area contributed by atoms with Crippen LogP contribution in [0, 0.1) is 40.7 Å². The van der Waals surface area contributed by atoms with Crippen molar-refractivity contribution in [3.8, 4) is 5.95 Å². The number of rotatable bonds is 4. The summed E-state index contributed by atoms with van der Waals surface area (Å²) in [4.78, 5) is 23.7. The lowest BCUT2D eigenvalue weighted by atomic mass is 9.35. The van der Waals surface area contributed by atoms with Gasteiger partial charge in [-0.1, -0.05) is 42.4 Å².